The summed E-state index contributed by atoms with van der Waals surface area (Å²) in [5, 5.41) is 3.45. The molecule has 5 heteroatoms. The summed E-state index contributed by atoms with van der Waals surface area (Å²) in [6, 6.07) is 0.532. The molecule has 0 spiro atoms. The van der Waals surface area contributed by atoms with Crippen molar-refractivity contribution in [2.75, 3.05) is 33.2 Å². The van der Waals surface area contributed by atoms with E-state index in [0.717, 1.165) is 32.2 Å². The fraction of sp³-hybridized carbons (Fsp3) is 0.857. The topological polar surface area (TPSA) is 52.6 Å². The average molecular weight is 269 g/mol. The van der Waals surface area contributed by atoms with E-state index in [1.54, 1.807) is 11.9 Å². The van der Waals surface area contributed by atoms with E-state index < -0.39 is 0 Å². The number of hydrogen-bond donors (Lipinski definition) is 1. The van der Waals surface area contributed by atoms with Crippen LogP contribution in [0.1, 0.15) is 39.5 Å². The van der Waals surface area contributed by atoms with Gasteiger partial charge in [0.2, 0.25) is 0 Å². The van der Waals surface area contributed by atoms with Crippen molar-refractivity contribution in [1.29, 1.82) is 0 Å². The van der Waals surface area contributed by atoms with E-state index in [9.17, 15) is 9.59 Å². The van der Waals surface area contributed by atoms with Crippen LogP contribution in [-0.4, -0.2) is 60.9 Å². The average Bonchev–Trinajstić information content (AvgIpc) is 2.40. The van der Waals surface area contributed by atoms with Crippen molar-refractivity contribution >= 4 is 11.8 Å². The lowest BCUT2D eigenvalue weighted by Gasteiger charge is -2.31. The predicted molar refractivity (Wildman–Crippen MR) is 75.8 cm³/mol. The smallest absolute Gasteiger partial charge is 0.312 e. The maximum absolute atomic E-state index is 11.7. The zero-order chi connectivity index (χ0) is 14.3. The molecule has 19 heavy (non-hydrogen) atoms. The fourth-order valence-electron chi connectivity index (χ4n) is 2.23. The normalized spacial score (nSPS) is 18.1. The number of nitrogens with one attached hydrogen (secondary N) is 1. The van der Waals surface area contributed by atoms with E-state index in [1.165, 1.54) is 4.90 Å². The molecule has 1 N–H and O–H groups in total. The Morgan fingerprint density at radius 2 is 1.95 bits per heavy atom. The molecule has 1 atom stereocenters. The molecular weight excluding hydrogens is 242 g/mol. The van der Waals surface area contributed by atoms with E-state index in [0.29, 0.717) is 25.7 Å². The molecule has 5 nitrogen and oxygen atoms in total. The van der Waals surface area contributed by atoms with Crippen molar-refractivity contribution in [3.05, 3.63) is 0 Å². The van der Waals surface area contributed by atoms with Crippen LogP contribution in [0.2, 0.25) is 0 Å². The van der Waals surface area contributed by atoms with Crippen molar-refractivity contribution in [2.24, 2.45) is 0 Å². The van der Waals surface area contributed by atoms with Gasteiger partial charge in [-0.1, -0.05) is 13.3 Å². The molecule has 2 amide bonds. The van der Waals surface area contributed by atoms with E-state index in [2.05, 4.69) is 19.2 Å². The molecule has 0 bridgehead atoms. The molecule has 0 saturated carbocycles. The molecule has 1 fully saturated rings. The van der Waals surface area contributed by atoms with Gasteiger partial charge in [0, 0.05) is 32.7 Å². The molecular formula is C14H27N3O2. The third-order valence-electron chi connectivity index (χ3n) is 3.58. The lowest BCUT2D eigenvalue weighted by Crippen LogP contribution is -2.52. The second-order valence-corrected chi connectivity index (χ2v) is 5.37. The highest BCUT2D eigenvalue weighted by Gasteiger charge is 2.29. The number of unbranched alkanes of at least 4 members (excludes halogenated alkanes) is 1. The van der Waals surface area contributed by atoms with Crippen LogP contribution in [0.5, 0.6) is 0 Å². The number of carbonyl (C=O) groups excluding carboxylic acids is 2. The zero-order valence-corrected chi connectivity index (χ0v) is 12.4. The van der Waals surface area contributed by atoms with Crippen molar-refractivity contribution in [1.82, 2.24) is 15.1 Å². The molecule has 0 aromatic heterocycles. The first-order valence-electron chi connectivity index (χ1n) is 7.34. The van der Waals surface area contributed by atoms with Crippen LogP contribution in [-0.2, 0) is 9.59 Å². The minimum atomic E-state index is -0.371. The van der Waals surface area contributed by atoms with Crippen LogP contribution in [0.3, 0.4) is 0 Å². The fourth-order valence-corrected chi connectivity index (χ4v) is 2.23. The summed E-state index contributed by atoms with van der Waals surface area (Å²) < 4.78 is 0. The van der Waals surface area contributed by atoms with Gasteiger partial charge in [-0.2, -0.15) is 0 Å². The highest BCUT2D eigenvalue weighted by Crippen LogP contribution is 2.07. The summed E-state index contributed by atoms with van der Waals surface area (Å²) >= 11 is 0. The molecule has 110 valence electrons. The Morgan fingerprint density at radius 1 is 1.21 bits per heavy atom. The minimum Gasteiger partial charge on any atom is -0.336 e. The van der Waals surface area contributed by atoms with Gasteiger partial charge in [-0.25, -0.2) is 0 Å². The Bertz CT molecular complexity index is 307. The van der Waals surface area contributed by atoms with Crippen LogP contribution in [0.4, 0.5) is 0 Å². The lowest BCUT2D eigenvalue weighted by atomic mass is 10.1. The maximum Gasteiger partial charge on any atom is 0.312 e. The molecule has 0 aromatic carbocycles. The quantitative estimate of drug-likeness (QED) is 0.525. The number of rotatable bonds is 8. The lowest BCUT2D eigenvalue weighted by molar-refractivity contribution is -0.154. The summed E-state index contributed by atoms with van der Waals surface area (Å²) in [5.41, 5.74) is 0. The van der Waals surface area contributed by atoms with Gasteiger partial charge in [-0.05, 0) is 32.7 Å². The van der Waals surface area contributed by atoms with Crippen LogP contribution in [0.25, 0.3) is 0 Å². The molecule has 0 aliphatic carbocycles. The molecule has 1 aliphatic heterocycles. The zero-order valence-electron chi connectivity index (χ0n) is 12.4. The number of piperazine rings is 1. The summed E-state index contributed by atoms with van der Waals surface area (Å²) in [6.45, 7) is 7.45. The predicted octanol–water partition coefficient (Wildman–Crippen LogP) is 0.845. The largest absolute Gasteiger partial charge is 0.336 e. The summed E-state index contributed by atoms with van der Waals surface area (Å²) in [7, 11) is 1.68. The van der Waals surface area contributed by atoms with Gasteiger partial charge < -0.3 is 15.1 Å². The van der Waals surface area contributed by atoms with Gasteiger partial charge in [0.25, 0.3) is 0 Å². The third-order valence-corrected chi connectivity index (χ3v) is 3.58. The molecule has 0 aromatic rings. The van der Waals surface area contributed by atoms with E-state index in [1.807, 2.05) is 0 Å². The Kier molecular flexibility index (Phi) is 6.84. The van der Waals surface area contributed by atoms with Crippen molar-refractivity contribution in [2.45, 2.75) is 45.6 Å². The second-order valence-electron chi connectivity index (χ2n) is 5.37. The summed E-state index contributed by atoms with van der Waals surface area (Å²) in [5.74, 6) is -0.713. The van der Waals surface area contributed by atoms with Gasteiger partial charge in [0.1, 0.15) is 0 Å². The first-order chi connectivity index (χ1) is 9.06. The standard InChI is InChI=1S/C14H27N3O2/c1-4-8-15-12(2)7-5-6-9-17-11-10-16(3)13(18)14(17)19/h12,15H,4-11H2,1-3H3. The van der Waals surface area contributed by atoms with Crippen LogP contribution >= 0.6 is 0 Å². The highest BCUT2D eigenvalue weighted by atomic mass is 16.2. The molecule has 1 rings (SSSR count). The van der Waals surface area contributed by atoms with Gasteiger partial charge in [-0.3, -0.25) is 9.59 Å². The van der Waals surface area contributed by atoms with E-state index in [4.69, 9.17) is 0 Å². The number of nitrogens with zero attached hydrogens (tertiary/aromatic N) is 2. The maximum atomic E-state index is 11.7. The van der Waals surface area contributed by atoms with Crippen molar-refractivity contribution < 1.29 is 9.59 Å². The van der Waals surface area contributed by atoms with Crippen LogP contribution < -0.4 is 5.32 Å². The van der Waals surface area contributed by atoms with Gasteiger partial charge in [-0.15, -0.1) is 0 Å². The summed E-state index contributed by atoms with van der Waals surface area (Å²) in [6.07, 6.45) is 4.34. The number of amides is 2. The molecule has 0 radical (unpaired) electrons. The second kappa shape index (κ2) is 8.15. The third kappa shape index (κ3) is 5.19. The van der Waals surface area contributed by atoms with Gasteiger partial charge >= 0.3 is 11.8 Å². The van der Waals surface area contributed by atoms with Crippen molar-refractivity contribution in [3.8, 4) is 0 Å². The van der Waals surface area contributed by atoms with Crippen LogP contribution in [0.15, 0.2) is 0 Å². The van der Waals surface area contributed by atoms with Gasteiger partial charge in [0.15, 0.2) is 0 Å². The van der Waals surface area contributed by atoms with Crippen LogP contribution in [0, 0.1) is 0 Å². The molecule has 1 unspecified atom stereocenters. The van der Waals surface area contributed by atoms with E-state index >= 15 is 0 Å². The summed E-state index contributed by atoms with van der Waals surface area (Å²) in [4.78, 5) is 26.4. The molecule has 1 saturated heterocycles. The number of likely N-dealkylation sites (N-methyl/N-ethyl adjacent to an activating group) is 1. The monoisotopic (exact) mass is 269 g/mol. The Balaban J connectivity index is 2.16. The Morgan fingerprint density at radius 3 is 2.63 bits per heavy atom. The Labute approximate surface area is 116 Å². The first-order valence-corrected chi connectivity index (χ1v) is 7.34. The Hall–Kier alpha value is -1.10. The highest BCUT2D eigenvalue weighted by molar-refractivity contribution is 6.35. The number of carbonyl (C=O) groups is 2. The number of hydrogen-bond acceptors (Lipinski definition) is 3. The molecule has 1 aliphatic rings. The first kappa shape index (κ1) is 16.0. The van der Waals surface area contributed by atoms with Gasteiger partial charge in [0.05, 0.1) is 0 Å². The minimum absolute atomic E-state index is 0.342. The SMILES string of the molecule is CCCNC(C)CCCCN1CCN(C)C(=O)C1=O. The molecule has 1 heterocycles. The van der Waals surface area contributed by atoms with Crippen molar-refractivity contribution in [3.63, 3.8) is 0 Å². The van der Waals surface area contributed by atoms with E-state index in [-0.39, 0.29) is 11.8 Å².